The van der Waals surface area contributed by atoms with E-state index in [1.165, 1.54) is 12.8 Å². The van der Waals surface area contributed by atoms with E-state index in [4.69, 9.17) is 10.5 Å². The van der Waals surface area contributed by atoms with Gasteiger partial charge in [-0.1, -0.05) is 47.0 Å². The maximum atomic E-state index is 11.5. The minimum atomic E-state index is -0.524. The molecule has 0 heterocycles. The fourth-order valence-electron chi connectivity index (χ4n) is 1.14. The third-order valence-electron chi connectivity index (χ3n) is 2.43. The molecular formula is C12H25NO2. The van der Waals surface area contributed by atoms with Gasteiger partial charge in [0.25, 0.3) is 0 Å². The minimum absolute atomic E-state index is 0.222. The quantitative estimate of drug-likeness (QED) is 0.547. The number of unbranched alkanes of at least 4 members (excludes halogenated alkanes) is 3. The van der Waals surface area contributed by atoms with Crippen molar-refractivity contribution in [2.45, 2.75) is 59.4 Å². The number of nitrogens with two attached hydrogens (primary N) is 1. The fourth-order valence-corrected chi connectivity index (χ4v) is 1.14. The molecule has 0 saturated carbocycles. The molecule has 90 valence electrons. The number of esters is 1. The molecule has 15 heavy (non-hydrogen) atoms. The average molecular weight is 215 g/mol. The highest BCUT2D eigenvalue weighted by Crippen LogP contribution is 2.18. The number of carbonyl (C=O) groups is 1. The van der Waals surface area contributed by atoms with Crippen molar-refractivity contribution in [2.24, 2.45) is 11.1 Å². The normalized spacial score (nSPS) is 13.7. The monoisotopic (exact) mass is 215 g/mol. The number of carbonyl (C=O) groups excluding carboxylic acids is 1. The molecule has 0 amide bonds. The largest absolute Gasteiger partial charge is 0.465 e. The van der Waals surface area contributed by atoms with Crippen molar-refractivity contribution >= 4 is 5.97 Å². The highest BCUT2D eigenvalue weighted by atomic mass is 16.5. The summed E-state index contributed by atoms with van der Waals surface area (Å²) in [6.07, 6.45) is 4.45. The summed E-state index contributed by atoms with van der Waals surface area (Å²) in [5.74, 6) is -0.279. The lowest BCUT2D eigenvalue weighted by atomic mass is 9.87. The summed E-state index contributed by atoms with van der Waals surface area (Å²) in [4.78, 5) is 11.5. The molecule has 0 rings (SSSR count). The Morgan fingerprint density at radius 3 is 2.33 bits per heavy atom. The van der Waals surface area contributed by atoms with Gasteiger partial charge < -0.3 is 10.5 Å². The van der Waals surface area contributed by atoms with E-state index in [1.54, 1.807) is 0 Å². The van der Waals surface area contributed by atoms with E-state index in [1.807, 2.05) is 20.8 Å². The molecule has 0 aromatic rings. The van der Waals surface area contributed by atoms with Gasteiger partial charge in [-0.05, 0) is 11.8 Å². The summed E-state index contributed by atoms with van der Waals surface area (Å²) >= 11 is 0. The van der Waals surface area contributed by atoms with Gasteiger partial charge in [0.2, 0.25) is 0 Å². The van der Waals surface area contributed by atoms with Gasteiger partial charge >= 0.3 is 5.97 Å². The van der Waals surface area contributed by atoms with E-state index < -0.39 is 6.04 Å². The fraction of sp³-hybridized carbons (Fsp3) is 0.917. The summed E-state index contributed by atoms with van der Waals surface area (Å²) in [6, 6.07) is -0.524. The SMILES string of the molecule is CCCCCCOC(=O)[C@H](N)C(C)(C)C. The minimum Gasteiger partial charge on any atom is -0.465 e. The van der Waals surface area contributed by atoms with Crippen molar-refractivity contribution in [2.75, 3.05) is 6.61 Å². The van der Waals surface area contributed by atoms with Gasteiger partial charge in [0.1, 0.15) is 6.04 Å². The zero-order chi connectivity index (χ0) is 11.9. The Labute approximate surface area is 93.4 Å². The summed E-state index contributed by atoms with van der Waals surface area (Å²) in [6.45, 7) is 8.48. The van der Waals surface area contributed by atoms with E-state index in [2.05, 4.69) is 6.92 Å². The average Bonchev–Trinajstić information content (AvgIpc) is 2.14. The number of ether oxygens (including phenoxy) is 1. The number of hydrogen-bond acceptors (Lipinski definition) is 3. The lowest BCUT2D eigenvalue weighted by molar-refractivity contribution is -0.147. The van der Waals surface area contributed by atoms with Gasteiger partial charge in [-0.2, -0.15) is 0 Å². The Hall–Kier alpha value is -0.570. The number of rotatable bonds is 6. The van der Waals surface area contributed by atoms with E-state index in [-0.39, 0.29) is 11.4 Å². The topological polar surface area (TPSA) is 52.3 Å². The summed E-state index contributed by atoms with van der Waals surface area (Å²) in [5, 5.41) is 0. The summed E-state index contributed by atoms with van der Waals surface area (Å²) in [7, 11) is 0. The zero-order valence-corrected chi connectivity index (χ0v) is 10.5. The van der Waals surface area contributed by atoms with Crippen molar-refractivity contribution < 1.29 is 9.53 Å². The van der Waals surface area contributed by atoms with E-state index in [0.29, 0.717) is 6.61 Å². The van der Waals surface area contributed by atoms with Gasteiger partial charge in [0.05, 0.1) is 6.61 Å². The molecule has 0 aliphatic carbocycles. The van der Waals surface area contributed by atoms with Crippen LogP contribution in [0.15, 0.2) is 0 Å². The molecule has 3 heteroatoms. The molecule has 0 aliphatic heterocycles. The van der Waals surface area contributed by atoms with Crippen LogP contribution in [0.3, 0.4) is 0 Å². The lowest BCUT2D eigenvalue weighted by Gasteiger charge is -2.24. The van der Waals surface area contributed by atoms with E-state index in [9.17, 15) is 4.79 Å². The third kappa shape index (κ3) is 6.50. The summed E-state index contributed by atoms with van der Waals surface area (Å²) < 4.78 is 5.11. The van der Waals surface area contributed by atoms with Crippen LogP contribution < -0.4 is 5.73 Å². The maximum absolute atomic E-state index is 11.5. The van der Waals surface area contributed by atoms with Crippen molar-refractivity contribution in [1.29, 1.82) is 0 Å². The van der Waals surface area contributed by atoms with Crippen molar-refractivity contribution in [3.05, 3.63) is 0 Å². The second-order valence-corrected chi connectivity index (χ2v) is 5.07. The standard InChI is InChI=1S/C12H25NO2/c1-5-6-7-8-9-15-11(14)10(13)12(2,3)4/h10H,5-9,13H2,1-4H3/t10-/m0/s1. The molecule has 0 fully saturated rings. The molecule has 0 aromatic carbocycles. The Morgan fingerprint density at radius 1 is 1.27 bits per heavy atom. The third-order valence-corrected chi connectivity index (χ3v) is 2.43. The molecule has 0 unspecified atom stereocenters. The lowest BCUT2D eigenvalue weighted by Crippen LogP contribution is -2.43. The van der Waals surface area contributed by atoms with Crippen LogP contribution >= 0.6 is 0 Å². The van der Waals surface area contributed by atoms with E-state index >= 15 is 0 Å². The summed E-state index contributed by atoms with van der Waals surface area (Å²) in [5.41, 5.74) is 5.54. The van der Waals surface area contributed by atoms with Crippen LogP contribution in [0, 0.1) is 5.41 Å². The first-order valence-corrected chi connectivity index (χ1v) is 5.81. The van der Waals surface area contributed by atoms with Crippen molar-refractivity contribution in [1.82, 2.24) is 0 Å². The molecule has 3 nitrogen and oxygen atoms in total. The first kappa shape index (κ1) is 14.4. The molecule has 2 N–H and O–H groups in total. The molecule has 0 aromatic heterocycles. The van der Waals surface area contributed by atoms with Crippen LogP contribution in [-0.2, 0) is 9.53 Å². The molecular weight excluding hydrogens is 190 g/mol. The molecule has 0 saturated heterocycles. The van der Waals surface area contributed by atoms with Gasteiger partial charge in [-0.15, -0.1) is 0 Å². The number of hydrogen-bond donors (Lipinski definition) is 1. The van der Waals surface area contributed by atoms with Crippen LogP contribution in [-0.4, -0.2) is 18.6 Å². The van der Waals surface area contributed by atoms with Crippen LogP contribution in [0.5, 0.6) is 0 Å². The first-order chi connectivity index (χ1) is 6.89. The zero-order valence-electron chi connectivity index (χ0n) is 10.5. The van der Waals surface area contributed by atoms with Crippen LogP contribution in [0.2, 0.25) is 0 Å². The second-order valence-electron chi connectivity index (χ2n) is 5.07. The van der Waals surface area contributed by atoms with Gasteiger partial charge in [-0.3, -0.25) is 4.79 Å². The van der Waals surface area contributed by atoms with Gasteiger partial charge in [-0.25, -0.2) is 0 Å². The maximum Gasteiger partial charge on any atom is 0.323 e. The van der Waals surface area contributed by atoms with Crippen LogP contribution in [0.25, 0.3) is 0 Å². The smallest absolute Gasteiger partial charge is 0.323 e. The molecule has 0 bridgehead atoms. The molecule has 0 aliphatic rings. The van der Waals surface area contributed by atoms with Gasteiger partial charge in [0, 0.05) is 0 Å². The molecule has 0 spiro atoms. The predicted molar refractivity (Wildman–Crippen MR) is 62.5 cm³/mol. The van der Waals surface area contributed by atoms with Crippen molar-refractivity contribution in [3.8, 4) is 0 Å². The van der Waals surface area contributed by atoms with Gasteiger partial charge in [0.15, 0.2) is 0 Å². The highest BCUT2D eigenvalue weighted by Gasteiger charge is 2.28. The Morgan fingerprint density at radius 2 is 1.87 bits per heavy atom. The predicted octanol–water partition coefficient (Wildman–Crippen LogP) is 2.48. The van der Waals surface area contributed by atoms with E-state index in [0.717, 1.165) is 12.8 Å². The molecule has 1 atom stereocenters. The Balaban J connectivity index is 3.66. The van der Waals surface area contributed by atoms with Crippen molar-refractivity contribution in [3.63, 3.8) is 0 Å². The Bertz CT molecular complexity index is 185. The van der Waals surface area contributed by atoms with Crippen LogP contribution in [0.4, 0.5) is 0 Å². The highest BCUT2D eigenvalue weighted by molar-refractivity contribution is 5.76. The molecule has 0 radical (unpaired) electrons. The van der Waals surface area contributed by atoms with Crippen LogP contribution in [0.1, 0.15) is 53.4 Å². The first-order valence-electron chi connectivity index (χ1n) is 5.81. The Kier molecular flexibility index (Phi) is 6.57. The second kappa shape index (κ2) is 6.83.